The summed E-state index contributed by atoms with van der Waals surface area (Å²) in [4.78, 5) is 33.7. The molecule has 1 fully saturated rings. The average molecular weight is 620 g/mol. The van der Waals surface area contributed by atoms with Gasteiger partial charge in [0, 0.05) is 41.5 Å². The van der Waals surface area contributed by atoms with Crippen molar-refractivity contribution in [1.29, 1.82) is 0 Å². The van der Waals surface area contributed by atoms with Crippen LogP contribution in [0.15, 0.2) is 54.9 Å². The van der Waals surface area contributed by atoms with Gasteiger partial charge in [-0.25, -0.2) is 9.97 Å². The van der Waals surface area contributed by atoms with E-state index in [4.69, 9.17) is 10.8 Å². The number of halogens is 3. The number of aliphatic hydroxyl groups is 1. The van der Waals surface area contributed by atoms with E-state index in [2.05, 4.69) is 20.6 Å². The number of nitrogens with zero attached hydrogens (tertiary/aromatic N) is 4. The van der Waals surface area contributed by atoms with Crippen LogP contribution in [-0.2, 0) is 11.0 Å². The lowest BCUT2D eigenvalue weighted by Gasteiger charge is -2.30. The molecule has 0 radical (unpaired) electrons. The van der Waals surface area contributed by atoms with Crippen LogP contribution in [0.2, 0.25) is 0 Å². The fourth-order valence-corrected chi connectivity index (χ4v) is 6.05. The number of carbonyl (C=O) groups is 2. The highest BCUT2D eigenvalue weighted by Crippen LogP contribution is 2.39. The van der Waals surface area contributed by atoms with Crippen molar-refractivity contribution in [3.8, 4) is 11.3 Å². The second-order valence-corrected chi connectivity index (χ2v) is 11.5. The van der Waals surface area contributed by atoms with E-state index in [1.165, 1.54) is 0 Å². The Hall–Kier alpha value is -4.78. The predicted molar refractivity (Wildman–Crippen MR) is 163 cm³/mol. The standard InChI is InChI=1S/C32H32F3N7O3/c33-32(34,35)21-13-14-37-25(15-21)40-31(45)19-9-7-18(8-10-19)28-27-29-20(17-38-30(27)36)11-12-24(43)5-2-6-26(44)39-22-3-1-4-23(16-22)42(29)41-28/h7-15,17,22-24,43H,1-6,16H2,(H2,36,38)(H,39,44)(H,37,40,45)/t22-,23-,24-/m1/s1. The molecule has 13 heteroatoms. The van der Waals surface area contributed by atoms with Crippen LogP contribution in [0.5, 0.6) is 0 Å². The lowest BCUT2D eigenvalue weighted by Crippen LogP contribution is -2.39. The van der Waals surface area contributed by atoms with Crippen molar-refractivity contribution < 1.29 is 27.9 Å². The van der Waals surface area contributed by atoms with Crippen LogP contribution in [0.3, 0.4) is 0 Å². The van der Waals surface area contributed by atoms with Gasteiger partial charge in [0.15, 0.2) is 0 Å². The summed E-state index contributed by atoms with van der Waals surface area (Å²) in [5.41, 5.74) is 8.44. The number of benzene rings is 1. The molecule has 1 saturated carbocycles. The Morgan fingerprint density at radius 2 is 1.89 bits per heavy atom. The largest absolute Gasteiger partial charge is 0.416 e. The van der Waals surface area contributed by atoms with Crippen molar-refractivity contribution in [1.82, 2.24) is 25.1 Å². The number of nitrogen functional groups attached to an aromatic ring is 1. The van der Waals surface area contributed by atoms with E-state index < -0.39 is 23.8 Å². The summed E-state index contributed by atoms with van der Waals surface area (Å²) in [5.74, 6) is -0.598. The van der Waals surface area contributed by atoms with Gasteiger partial charge < -0.3 is 21.5 Å². The molecule has 4 aromatic rings. The maximum Gasteiger partial charge on any atom is 0.416 e. The van der Waals surface area contributed by atoms with E-state index >= 15 is 0 Å². The summed E-state index contributed by atoms with van der Waals surface area (Å²) in [5, 5.41) is 21.8. The summed E-state index contributed by atoms with van der Waals surface area (Å²) in [7, 11) is 0. The number of fused-ring (bicyclic) bond motifs is 3. The smallest absolute Gasteiger partial charge is 0.389 e. The maximum atomic E-state index is 13.1. The maximum absolute atomic E-state index is 13.1. The van der Waals surface area contributed by atoms with Gasteiger partial charge in [-0.1, -0.05) is 24.3 Å². The minimum absolute atomic E-state index is 0.00546. The second kappa shape index (κ2) is 12.3. The number of nitrogens with one attached hydrogen (secondary N) is 2. The van der Waals surface area contributed by atoms with Gasteiger partial charge in [0.25, 0.3) is 5.91 Å². The first-order valence-electron chi connectivity index (χ1n) is 14.8. The highest BCUT2D eigenvalue weighted by atomic mass is 19.4. The van der Waals surface area contributed by atoms with Gasteiger partial charge in [0.05, 0.1) is 28.6 Å². The number of amides is 2. The summed E-state index contributed by atoms with van der Waals surface area (Å²) < 4.78 is 41.2. The van der Waals surface area contributed by atoms with E-state index in [9.17, 15) is 27.9 Å². The molecule has 2 amide bonds. The Morgan fingerprint density at radius 1 is 1.09 bits per heavy atom. The topological polar surface area (TPSA) is 148 Å². The third-order valence-electron chi connectivity index (χ3n) is 8.29. The van der Waals surface area contributed by atoms with E-state index in [0.717, 1.165) is 48.7 Å². The Bertz CT molecular complexity index is 1770. The van der Waals surface area contributed by atoms with Crippen LogP contribution >= 0.6 is 0 Å². The number of aliphatic hydroxyl groups excluding tert-OH is 1. The monoisotopic (exact) mass is 619 g/mol. The van der Waals surface area contributed by atoms with Gasteiger partial charge in [0.1, 0.15) is 17.3 Å². The molecule has 0 saturated heterocycles. The molecule has 10 nitrogen and oxygen atoms in total. The summed E-state index contributed by atoms with van der Waals surface area (Å²) in [6, 6.07) is 8.05. The zero-order valence-corrected chi connectivity index (χ0v) is 24.2. The number of nitrogens with two attached hydrogens (primary N) is 1. The molecule has 3 aromatic heterocycles. The van der Waals surface area contributed by atoms with Gasteiger partial charge in [-0.3, -0.25) is 14.3 Å². The number of anilines is 2. The van der Waals surface area contributed by atoms with Gasteiger partial charge >= 0.3 is 6.18 Å². The number of hydrogen-bond acceptors (Lipinski definition) is 7. The predicted octanol–water partition coefficient (Wildman–Crippen LogP) is 5.50. The van der Waals surface area contributed by atoms with Gasteiger partial charge in [-0.15, -0.1) is 0 Å². The van der Waals surface area contributed by atoms with Crippen LogP contribution in [0.1, 0.15) is 72.5 Å². The fraction of sp³-hybridized carbons (Fsp3) is 0.344. The zero-order chi connectivity index (χ0) is 31.7. The molecule has 5 N–H and O–H groups in total. The number of hydrogen-bond donors (Lipinski definition) is 4. The van der Waals surface area contributed by atoms with Crippen LogP contribution in [0, 0.1) is 0 Å². The zero-order valence-electron chi connectivity index (χ0n) is 24.2. The summed E-state index contributed by atoms with van der Waals surface area (Å²) >= 11 is 0. The Morgan fingerprint density at radius 3 is 2.67 bits per heavy atom. The van der Waals surface area contributed by atoms with Crippen molar-refractivity contribution in [2.45, 2.75) is 69.3 Å². The van der Waals surface area contributed by atoms with Crippen LogP contribution in [-0.4, -0.2) is 48.8 Å². The molecule has 0 unspecified atom stereocenters. The number of carbonyl (C=O) groups excluding carboxylic acids is 2. The SMILES string of the molecule is Nc1ncc2c3c1c(-c1ccc(C(=O)Nc4cc(C(F)(F)F)ccn4)cc1)nn3[C@@H]1CCC[C@H](C1)NC(=O)CCC[C@@H](O)C=C2. The number of rotatable bonds is 3. The van der Waals surface area contributed by atoms with Crippen LogP contribution in [0.25, 0.3) is 28.2 Å². The van der Waals surface area contributed by atoms with Crippen molar-refractivity contribution in [3.63, 3.8) is 0 Å². The molecule has 1 aliphatic carbocycles. The number of alkyl halides is 3. The molecule has 0 spiro atoms. The van der Waals surface area contributed by atoms with E-state index in [-0.39, 0.29) is 35.2 Å². The average Bonchev–Trinajstić information content (AvgIpc) is 3.42. The quantitative estimate of drug-likeness (QED) is 0.237. The van der Waals surface area contributed by atoms with E-state index in [1.54, 1.807) is 36.5 Å². The van der Waals surface area contributed by atoms with E-state index in [0.29, 0.717) is 42.3 Å². The van der Waals surface area contributed by atoms with Crippen LogP contribution < -0.4 is 16.4 Å². The number of aromatic nitrogens is 4. The fourth-order valence-electron chi connectivity index (χ4n) is 6.05. The highest BCUT2D eigenvalue weighted by Gasteiger charge is 2.31. The Balaban J connectivity index is 1.37. The van der Waals surface area contributed by atoms with Crippen molar-refractivity contribution in [2.75, 3.05) is 11.1 Å². The molecule has 1 aliphatic heterocycles. The molecule has 234 valence electrons. The molecular weight excluding hydrogens is 587 g/mol. The first-order valence-corrected chi connectivity index (χ1v) is 14.8. The molecule has 3 atom stereocenters. The Kier molecular flexibility index (Phi) is 8.28. The minimum atomic E-state index is -4.57. The third-order valence-corrected chi connectivity index (χ3v) is 8.29. The highest BCUT2D eigenvalue weighted by molar-refractivity contribution is 6.06. The van der Waals surface area contributed by atoms with Gasteiger partial charge in [-0.2, -0.15) is 18.3 Å². The first kappa shape index (κ1) is 30.3. The normalized spacial score (nSPS) is 20.8. The summed E-state index contributed by atoms with van der Waals surface area (Å²) in [6.07, 6.45) is 5.50. The molecule has 4 heterocycles. The summed E-state index contributed by atoms with van der Waals surface area (Å²) in [6.45, 7) is 0. The van der Waals surface area contributed by atoms with Crippen molar-refractivity contribution >= 4 is 40.4 Å². The van der Waals surface area contributed by atoms with Gasteiger partial charge in [0.2, 0.25) is 5.91 Å². The van der Waals surface area contributed by atoms with Gasteiger partial charge in [-0.05, 0) is 62.8 Å². The molecule has 6 rings (SSSR count). The van der Waals surface area contributed by atoms with Crippen LogP contribution in [0.4, 0.5) is 24.8 Å². The second-order valence-electron chi connectivity index (χ2n) is 11.5. The number of pyridine rings is 2. The van der Waals surface area contributed by atoms with Crippen molar-refractivity contribution in [2.24, 2.45) is 0 Å². The van der Waals surface area contributed by atoms with E-state index in [1.807, 2.05) is 10.8 Å². The van der Waals surface area contributed by atoms with Crippen molar-refractivity contribution in [3.05, 3.63) is 71.6 Å². The minimum Gasteiger partial charge on any atom is -0.389 e. The molecule has 2 aliphatic rings. The Labute approximate surface area is 256 Å². The molecule has 45 heavy (non-hydrogen) atoms. The lowest BCUT2D eigenvalue weighted by atomic mass is 9.90. The third kappa shape index (κ3) is 6.53. The molecule has 1 aromatic carbocycles. The molecular formula is C32H32F3N7O3. The molecule has 2 bridgehead atoms. The lowest BCUT2D eigenvalue weighted by molar-refractivity contribution is -0.137. The first-order chi connectivity index (χ1) is 21.6.